The van der Waals surface area contributed by atoms with Gasteiger partial charge in [-0.3, -0.25) is 18.9 Å². The number of hydrogen-bond acceptors (Lipinski definition) is 11. The van der Waals surface area contributed by atoms with Crippen molar-refractivity contribution in [1.82, 2.24) is 24.8 Å². The Bertz CT molecular complexity index is 2080. The summed E-state index contributed by atoms with van der Waals surface area (Å²) in [5, 5.41) is 3.16. The molecule has 2 saturated heterocycles. The van der Waals surface area contributed by atoms with Gasteiger partial charge in [0.2, 0.25) is 24.5 Å². The average molecular weight is 784 g/mol. The van der Waals surface area contributed by atoms with E-state index < -0.39 is 31.8 Å². The Kier molecular flexibility index (Phi) is 13.5. The molecule has 53 heavy (non-hydrogen) atoms. The number of thiazole rings is 1. The fourth-order valence-corrected chi connectivity index (χ4v) is 7.84. The van der Waals surface area contributed by atoms with Crippen molar-refractivity contribution in [1.29, 1.82) is 0 Å². The molecule has 1 aromatic heterocycles. The molecule has 1 N–H and O–H groups in total. The Hall–Kier alpha value is -2.86. The van der Waals surface area contributed by atoms with E-state index in [4.69, 9.17) is 14.4 Å². The van der Waals surface area contributed by atoms with Gasteiger partial charge in [-0.25, -0.2) is 19.4 Å². The number of rotatable bonds is 11. The van der Waals surface area contributed by atoms with Crippen LogP contribution in [0.1, 0.15) is 24.5 Å². The third kappa shape index (κ3) is 9.00. The summed E-state index contributed by atoms with van der Waals surface area (Å²) in [7, 11) is -5.04. The smallest absolute Gasteiger partial charge is 1.00 e. The second kappa shape index (κ2) is 17.3. The zero-order chi connectivity index (χ0) is 35.9. The molecule has 0 saturated carbocycles. The van der Waals surface area contributed by atoms with Gasteiger partial charge in [-0.05, 0) is 53.4 Å². The summed E-state index contributed by atoms with van der Waals surface area (Å²) in [4.78, 5) is 70.2. The molecule has 3 aromatic carbocycles. The van der Waals surface area contributed by atoms with Crippen LogP contribution in [-0.4, -0.2) is 86.1 Å². The largest absolute Gasteiger partial charge is 1.00 e. The zero-order valence-corrected chi connectivity index (χ0v) is 34.8. The van der Waals surface area contributed by atoms with Crippen LogP contribution in [0.2, 0.25) is 0 Å². The fraction of sp³-hybridized carbons (Fsp3) is 0.294. The number of carbonyl (C=O) groups is 3. The fourth-order valence-electron chi connectivity index (χ4n) is 6.71. The molecular formula is C34H33FN5Na2O9PS. The van der Waals surface area contributed by atoms with E-state index in [1.807, 2.05) is 12.1 Å². The molecular weight excluding hydrogens is 750 g/mol. The van der Waals surface area contributed by atoms with Gasteiger partial charge in [0.05, 0.1) is 28.8 Å². The van der Waals surface area contributed by atoms with Crippen molar-refractivity contribution in [3.05, 3.63) is 95.3 Å². The van der Waals surface area contributed by atoms with Gasteiger partial charge in [0.15, 0.2) is 11.5 Å². The molecule has 0 spiro atoms. The van der Waals surface area contributed by atoms with E-state index in [0.29, 0.717) is 39.3 Å². The van der Waals surface area contributed by atoms with Gasteiger partial charge in [-0.15, -0.1) is 17.9 Å². The maximum atomic E-state index is 14.6. The molecule has 7 rings (SSSR count). The topological polar surface area (TPSA) is 165 Å². The summed E-state index contributed by atoms with van der Waals surface area (Å²) in [6.07, 6.45) is 1.17. The Morgan fingerprint density at radius 2 is 1.87 bits per heavy atom. The molecule has 3 aliphatic heterocycles. The van der Waals surface area contributed by atoms with Crippen molar-refractivity contribution in [3.63, 3.8) is 0 Å². The van der Waals surface area contributed by atoms with Crippen molar-refractivity contribution in [2.45, 2.75) is 38.0 Å². The number of hydrazine groups is 1. The van der Waals surface area contributed by atoms with Crippen molar-refractivity contribution in [2.75, 3.05) is 26.4 Å². The Balaban J connectivity index is 0.00000217. The van der Waals surface area contributed by atoms with Gasteiger partial charge in [0.25, 0.3) is 0 Å². The summed E-state index contributed by atoms with van der Waals surface area (Å²) in [6, 6.07) is 13.0. The first-order valence-corrected chi connectivity index (χ1v) is 18.4. The van der Waals surface area contributed by atoms with E-state index in [2.05, 4.69) is 16.1 Å². The van der Waals surface area contributed by atoms with Crippen molar-refractivity contribution < 1.29 is 108 Å². The predicted molar refractivity (Wildman–Crippen MR) is 181 cm³/mol. The van der Waals surface area contributed by atoms with Gasteiger partial charge in [-0.2, -0.15) is 0 Å². The van der Waals surface area contributed by atoms with Gasteiger partial charge < -0.3 is 35.0 Å². The number of aryl methyl sites for hydroxylation is 1. The number of nitrogens with zero attached hydrogens (tertiary/aromatic N) is 5. The third-order valence-corrected chi connectivity index (χ3v) is 10.2. The van der Waals surface area contributed by atoms with Crippen LogP contribution in [0, 0.1) is 5.82 Å². The van der Waals surface area contributed by atoms with Crippen molar-refractivity contribution in [3.8, 4) is 17.2 Å². The first-order chi connectivity index (χ1) is 24.5. The average Bonchev–Trinajstić information content (AvgIpc) is 3.78. The second-order valence-corrected chi connectivity index (χ2v) is 14.2. The molecule has 3 atom stereocenters. The molecule has 3 amide bonds. The monoisotopic (exact) mass is 783 g/mol. The maximum Gasteiger partial charge on any atom is 1.00 e. The number of carbonyl (C=O) groups excluding carboxylic acids is 3. The molecule has 3 aliphatic rings. The normalized spacial score (nSPS) is 19.3. The summed E-state index contributed by atoms with van der Waals surface area (Å²) in [6.45, 7) is 3.97. The van der Waals surface area contributed by atoms with Gasteiger partial charge in [0, 0.05) is 25.9 Å². The van der Waals surface area contributed by atoms with E-state index in [1.54, 1.807) is 28.1 Å². The minimum atomic E-state index is -5.04. The number of fused-ring (bicyclic) bond motifs is 3. The van der Waals surface area contributed by atoms with E-state index in [1.165, 1.54) is 45.8 Å². The first kappa shape index (κ1) is 41.3. The number of amides is 3. The predicted octanol–water partition coefficient (Wildman–Crippen LogP) is -2.89. The van der Waals surface area contributed by atoms with Crippen LogP contribution >= 0.6 is 19.2 Å². The SMILES string of the molecule is C=CCN1CC(=O)N2[C@@H](Cc3ccc(OP(=O)([O-])O)cc3)C(=O)N(Cc3ccc(F)c4scnc34)C[C@@H]2N1C(=O)CCc1ccc2c(c1)OCO2.[H-].[Na+].[Na+]. The molecule has 4 aromatic rings. The Morgan fingerprint density at radius 1 is 1.13 bits per heavy atom. The molecule has 0 radical (unpaired) electrons. The molecule has 2 fully saturated rings. The minimum Gasteiger partial charge on any atom is -1.00 e. The van der Waals surface area contributed by atoms with Gasteiger partial charge in [-0.1, -0.05) is 30.3 Å². The van der Waals surface area contributed by atoms with E-state index in [-0.39, 0.29) is 124 Å². The Morgan fingerprint density at radius 3 is 2.60 bits per heavy atom. The van der Waals surface area contributed by atoms with E-state index in [0.717, 1.165) is 16.9 Å². The summed E-state index contributed by atoms with van der Waals surface area (Å²) in [5.41, 5.74) is 3.98. The molecule has 268 valence electrons. The molecule has 4 heterocycles. The van der Waals surface area contributed by atoms with E-state index >= 15 is 0 Å². The van der Waals surface area contributed by atoms with Crippen molar-refractivity contribution >= 4 is 47.1 Å². The summed E-state index contributed by atoms with van der Waals surface area (Å²) >= 11 is 1.15. The third-order valence-electron chi connectivity index (χ3n) is 8.94. The van der Waals surface area contributed by atoms with Crippen LogP contribution in [-0.2, 0) is 38.3 Å². The van der Waals surface area contributed by atoms with Crippen LogP contribution in [0.15, 0.2) is 72.8 Å². The van der Waals surface area contributed by atoms with Crippen LogP contribution in [0.5, 0.6) is 17.2 Å². The number of halogens is 1. The van der Waals surface area contributed by atoms with Gasteiger partial charge in [0.1, 0.15) is 23.8 Å². The number of aromatic nitrogens is 1. The number of ether oxygens (including phenoxy) is 2. The standard InChI is InChI=1S/C34H33FN5O9PS.2Na.H/c1-2-13-38-18-31(42)39-26(14-21-3-8-24(9-4-21)49-50(44,45)46)34(43)37(16-23-7-10-25(35)33-32(23)36-19-51-33)17-29(39)40(38)30(41)12-6-22-5-11-27-28(15-22)48-20-47-27;;;/h2-5,7-11,15,19,26,29H,1,6,12-14,16-18,20H2,(H2,44,45,46);;;/q;2*+1;-1/p-1/t26-,29-;;;/m0.../s1. The zero-order valence-electron chi connectivity index (χ0n) is 30.1. The second-order valence-electron chi connectivity index (χ2n) is 12.2. The van der Waals surface area contributed by atoms with Crippen molar-refractivity contribution in [2.24, 2.45) is 0 Å². The van der Waals surface area contributed by atoms with Crippen LogP contribution in [0.25, 0.3) is 10.2 Å². The van der Waals surface area contributed by atoms with E-state index in [9.17, 15) is 28.2 Å². The van der Waals surface area contributed by atoms with Crippen LogP contribution in [0.3, 0.4) is 0 Å². The molecule has 19 heteroatoms. The van der Waals surface area contributed by atoms with Crippen LogP contribution < -0.4 is 78.0 Å². The number of benzene rings is 3. The number of hydrogen-bond donors (Lipinski definition) is 1. The maximum absolute atomic E-state index is 14.6. The molecule has 0 aliphatic carbocycles. The number of phosphoric acid groups is 1. The summed E-state index contributed by atoms with van der Waals surface area (Å²) in [5.74, 6) is -0.368. The molecule has 14 nitrogen and oxygen atoms in total. The quantitative estimate of drug-likeness (QED) is 0.0944. The summed E-state index contributed by atoms with van der Waals surface area (Å²) < 4.78 is 41.6. The van der Waals surface area contributed by atoms with Gasteiger partial charge >= 0.3 is 66.9 Å². The molecule has 0 bridgehead atoms. The van der Waals surface area contributed by atoms with Crippen LogP contribution in [0.4, 0.5) is 4.39 Å². The number of phosphoric ester groups is 1. The first-order valence-electron chi connectivity index (χ1n) is 16.0. The minimum absolute atomic E-state index is 0. The number of piperazine rings is 1. The Labute approximate surface area is 353 Å². The molecule has 1 unspecified atom stereocenters.